The van der Waals surface area contributed by atoms with Gasteiger partial charge in [0.25, 0.3) is 0 Å². The Hall–Kier alpha value is -0.820. The fourth-order valence-corrected chi connectivity index (χ4v) is 2.85. The van der Waals surface area contributed by atoms with Gasteiger partial charge in [0, 0.05) is 26.4 Å². The van der Waals surface area contributed by atoms with E-state index in [0.717, 1.165) is 10.7 Å². The van der Waals surface area contributed by atoms with E-state index in [1.165, 1.54) is 32.3 Å². The van der Waals surface area contributed by atoms with E-state index in [0.29, 0.717) is 23.7 Å². The lowest BCUT2D eigenvalue weighted by atomic mass is 10.2. The van der Waals surface area contributed by atoms with Crippen molar-refractivity contribution in [3.05, 3.63) is 23.2 Å². The minimum Gasteiger partial charge on any atom is -0.325 e. The van der Waals surface area contributed by atoms with E-state index in [2.05, 4.69) is 5.32 Å². The molecule has 1 aromatic carbocycles. The Labute approximate surface area is 135 Å². The van der Waals surface area contributed by atoms with Gasteiger partial charge in [0.15, 0.2) is 0 Å². The van der Waals surface area contributed by atoms with Gasteiger partial charge >= 0.3 is 0 Å². The number of hydrogen-bond donors (Lipinski definition) is 1. The number of halogens is 2. The van der Waals surface area contributed by atoms with Crippen molar-refractivity contribution < 1.29 is 13.2 Å². The highest BCUT2D eigenvalue weighted by Crippen LogP contribution is 2.26. The normalized spacial score (nSPS) is 11.7. The number of rotatable bonds is 7. The van der Waals surface area contributed by atoms with E-state index < -0.39 is 10.0 Å². The number of carbonyl (C=O) groups is 1. The summed E-state index contributed by atoms with van der Waals surface area (Å²) in [7, 11) is -0.689. The second kappa shape index (κ2) is 7.98. The van der Waals surface area contributed by atoms with Gasteiger partial charge in [-0.3, -0.25) is 4.79 Å². The number of benzene rings is 1. The Morgan fingerprint density at radius 3 is 2.52 bits per heavy atom. The van der Waals surface area contributed by atoms with Gasteiger partial charge in [-0.05, 0) is 31.0 Å². The third-order valence-electron chi connectivity index (χ3n) is 2.78. The largest absolute Gasteiger partial charge is 0.325 e. The second-order valence-corrected chi connectivity index (χ2v) is 7.56. The quantitative estimate of drug-likeness (QED) is 0.605. The first-order chi connectivity index (χ1) is 9.78. The van der Waals surface area contributed by atoms with E-state index >= 15 is 0 Å². The number of nitrogens with one attached hydrogen (secondary N) is 1. The molecule has 1 N–H and O–H groups in total. The number of anilines is 1. The fraction of sp³-hybridized carbons (Fsp3) is 0.462. The first-order valence-electron chi connectivity index (χ1n) is 6.37. The van der Waals surface area contributed by atoms with Crippen LogP contribution in [0.25, 0.3) is 0 Å². The molecule has 0 unspecified atom stereocenters. The predicted molar refractivity (Wildman–Crippen MR) is 85.5 cm³/mol. The molecule has 0 aliphatic rings. The average Bonchev–Trinajstić information content (AvgIpc) is 2.41. The second-order valence-electron chi connectivity index (χ2n) is 4.62. The van der Waals surface area contributed by atoms with Crippen LogP contribution in [-0.2, 0) is 14.8 Å². The minimum atomic E-state index is -3.57. The molecule has 0 aliphatic carbocycles. The smallest absolute Gasteiger partial charge is 0.242 e. The zero-order valence-corrected chi connectivity index (χ0v) is 14.2. The highest BCUT2D eigenvalue weighted by atomic mass is 35.5. The first kappa shape index (κ1) is 18.2. The van der Waals surface area contributed by atoms with Crippen LogP contribution in [0.15, 0.2) is 23.1 Å². The van der Waals surface area contributed by atoms with E-state index in [1.54, 1.807) is 0 Å². The van der Waals surface area contributed by atoms with Crippen LogP contribution in [0, 0.1) is 0 Å². The molecule has 8 heteroatoms. The van der Waals surface area contributed by atoms with Crippen LogP contribution in [-0.4, -0.2) is 38.6 Å². The molecule has 0 atom stereocenters. The number of unbranched alkanes of at least 4 members (excludes halogenated alkanes) is 1. The van der Waals surface area contributed by atoms with Crippen molar-refractivity contribution in [2.45, 2.75) is 24.2 Å². The maximum atomic E-state index is 12.0. The predicted octanol–water partition coefficient (Wildman–Crippen LogP) is 2.94. The van der Waals surface area contributed by atoms with E-state index in [-0.39, 0.29) is 16.5 Å². The third-order valence-corrected chi connectivity index (χ3v) is 5.19. The van der Waals surface area contributed by atoms with Crippen molar-refractivity contribution in [1.29, 1.82) is 0 Å². The Morgan fingerprint density at radius 1 is 1.29 bits per heavy atom. The van der Waals surface area contributed by atoms with Crippen LogP contribution < -0.4 is 5.32 Å². The summed E-state index contributed by atoms with van der Waals surface area (Å²) in [4.78, 5) is 11.8. The van der Waals surface area contributed by atoms with Gasteiger partial charge in [0.2, 0.25) is 15.9 Å². The van der Waals surface area contributed by atoms with Gasteiger partial charge in [-0.25, -0.2) is 12.7 Å². The summed E-state index contributed by atoms with van der Waals surface area (Å²) in [5, 5.41) is 2.91. The Kier molecular flexibility index (Phi) is 6.93. The van der Waals surface area contributed by atoms with Crippen molar-refractivity contribution in [2.24, 2.45) is 0 Å². The number of alkyl halides is 1. The molecule has 0 radical (unpaired) electrons. The molecule has 118 valence electrons. The molecular formula is C13H18Cl2N2O3S. The Morgan fingerprint density at radius 2 is 1.95 bits per heavy atom. The topological polar surface area (TPSA) is 66.5 Å². The minimum absolute atomic E-state index is 0.0768. The molecule has 0 bridgehead atoms. The first-order valence-corrected chi connectivity index (χ1v) is 8.72. The van der Waals surface area contributed by atoms with Crippen molar-refractivity contribution in [3.63, 3.8) is 0 Å². The summed E-state index contributed by atoms with van der Waals surface area (Å²) < 4.78 is 25.2. The van der Waals surface area contributed by atoms with Crippen molar-refractivity contribution in [1.82, 2.24) is 4.31 Å². The van der Waals surface area contributed by atoms with Crippen molar-refractivity contribution in [2.75, 3.05) is 25.3 Å². The van der Waals surface area contributed by atoms with Crippen LogP contribution in [0.4, 0.5) is 5.69 Å². The Balaban J connectivity index is 2.91. The van der Waals surface area contributed by atoms with Gasteiger partial charge in [-0.2, -0.15) is 0 Å². The molecule has 0 aliphatic heterocycles. The summed E-state index contributed by atoms with van der Waals surface area (Å²) in [6.07, 6.45) is 1.73. The highest BCUT2D eigenvalue weighted by molar-refractivity contribution is 7.89. The summed E-state index contributed by atoms with van der Waals surface area (Å²) in [5.41, 5.74) is 0.287. The number of hydrogen-bond acceptors (Lipinski definition) is 3. The van der Waals surface area contributed by atoms with Crippen LogP contribution in [0.3, 0.4) is 0 Å². The van der Waals surface area contributed by atoms with Crippen LogP contribution in [0.5, 0.6) is 0 Å². The lowest BCUT2D eigenvalue weighted by molar-refractivity contribution is -0.116. The maximum absolute atomic E-state index is 12.0. The van der Waals surface area contributed by atoms with E-state index in [1.807, 2.05) is 0 Å². The summed E-state index contributed by atoms with van der Waals surface area (Å²) in [6, 6.07) is 4.21. The molecule has 0 fully saturated rings. The molecule has 0 saturated heterocycles. The van der Waals surface area contributed by atoms with Gasteiger partial charge in [0.05, 0.1) is 15.6 Å². The van der Waals surface area contributed by atoms with Gasteiger partial charge in [-0.1, -0.05) is 11.6 Å². The lowest BCUT2D eigenvalue weighted by Gasteiger charge is -2.13. The summed E-state index contributed by atoms with van der Waals surface area (Å²) in [5.74, 6) is 0.284. The van der Waals surface area contributed by atoms with Crippen LogP contribution in [0.2, 0.25) is 5.02 Å². The molecule has 1 amide bonds. The number of sulfonamides is 1. The van der Waals surface area contributed by atoms with Gasteiger partial charge < -0.3 is 5.32 Å². The summed E-state index contributed by atoms with van der Waals surface area (Å²) in [6.45, 7) is 0. The monoisotopic (exact) mass is 352 g/mol. The molecule has 0 spiro atoms. The third kappa shape index (κ3) is 5.14. The van der Waals surface area contributed by atoms with Gasteiger partial charge in [-0.15, -0.1) is 11.6 Å². The number of nitrogens with zero attached hydrogens (tertiary/aromatic N) is 1. The molecule has 0 heterocycles. The zero-order valence-electron chi connectivity index (χ0n) is 11.9. The molecule has 21 heavy (non-hydrogen) atoms. The van der Waals surface area contributed by atoms with Crippen LogP contribution >= 0.6 is 23.2 Å². The van der Waals surface area contributed by atoms with E-state index in [9.17, 15) is 13.2 Å². The molecule has 0 aromatic heterocycles. The molecule has 1 aromatic rings. The Bertz CT molecular complexity index is 603. The average molecular weight is 353 g/mol. The summed E-state index contributed by atoms with van der Waals surface area (Å²) >= 11 is 11.5. The molecule has 5 nitrogen and oxygen atoms in total. The zero-order chi connectivity index (χ0) is 16.0. The number of amides is 1. The molecule has 1 rings (SSSR count). The van der Waals surface area contributed by atoms with Crippen LogP contribution in [0.1, 0.15) is 19.3 Å². The van der Waals surface area contributed by atoms with Crippen molar-refractivity contribution >= 4 is 44.8 Å². The van der Waals surface area contributed by atoms with E-state index in [4.69, 9.17) is 23.2 Å². The number of carbonyl (C=O) groups excluding carboxylic acids is 1. The van der Waals surface area contributed by atoms with Gasteiger partial charge in [0.1, 0.15) is 0 Å². The SMILES string of the molecule is CN(C)S(=O)(=O)c1ccc(Cl)c(NC(=O)CCCCCl)c1. The lowest BCUT2D eigenvalue weighted by Crippen LogP contribution is -2.22. The standard InChI is InChI=1S/C13H18Cl2N2O3S/c1-17(2)21(19,20)10-6-7-11(15)12(9-10)16-13(18)5-3-4-8-14/h6-7,9H,3-5,8H2,1-2H3,(H,16,18). The highest BCUT2D eigenvalue weighted by Gasteiger charge is 2.19. The van der Waals surface area contributed by atoms with Crippen molar-refractivity contribution in [3.8, 4) is 0 Å². The maximum Gasteiger partial charge on any atom is 0.242 e. The fourth-order valence-electron chi connectivity index (χ4n) is 1.56. The molecule has 0 saturated carbocycles. The molecular weight excluding hydrogens is 335 g/mol.